The van der Waals surface area contributed by atoms with Crippen molar-refractivity contribution >= 4 is 67.6 Å². The summed E-state index contributed by atoms with van der Waals surface area (Å²) in [6.45, 7) is 0. The first-order valence-electron chi connectivity index (χ1n) is 8.24. The Kier molecular flexibility index (Phi) is 6.77. The lowest BCUT2D eigenvalue weighted by Crippen LogP contribution is -2.20. The van der Waals surface area contributed by atoms with Gasteiger partial charge in [0.1, 0.15) is 11.6 Å². The van der Waals surface area contributed by atoms with E-state index >= 15 is 0 Å². The maximum Gasteiger partial charge on any atom is 0.261 e. The van der Waals surface area contributed by atoms with Gasteiger partial charge in [-0.3, -0.25) is 4.72 Å². The lowest BCUT2D eigenvalue weighted by Gasteiger charge is -2.12. The fourth-order valence-corrected chi connectivity index (χ4v) is 4.21. The highest BCUT2D eigenvalue weighted by Gasteiger charge is 2.15. The second kappa shape index (κ2) is 9.13. The number of benzene rings is 3. The van der Waals surface area contributed by atoms with Crippen LogP contribution in [0.15, 0.2) is 65.6 Å². The molecule has 3 aromatic carbocycles. The molecule has 0 saturated carbocycles. The molecule has 0 aliphatic carbocycles. The van der Waals surface area contributed by atoms with Gasteiger partial charge in [-0.2, -0.15) is 0 Å². The first-order valence-corrected chi connectivity index (χ1v) is 10.9. The summed E-state index contributed by atoms with van der Waals surface area (Å²) >= 11 is 16.9. The molecule has 0 radical (unpaired) electrons. The second-order valence-electron chi connectivity index (χ2n) is 5.99. The van der Waals surface area contributed by atoms with Gasteiger partial charge >= 0.3 is 0 Å². The molecule has 5 nitrogen and oxygen atoms in total. The zero-order chi connectivity index (χ0) is 21.9. The summed E-state index contributed by atoms with van der Waals surface area (Å²) in [7, 11) is -3.88. The monoisotopic (exact) mass is 487 g/mol. The highest BCUT2D eigenvalue weighted by molar-refractivity contribution is 7.92. The van der Waals surface area contributed by atoms with Crippen molar-refractivity contribution in [3.63, 3.8) is 0 Å². The minimum Gasteiger partial charge on any atom is -0.332 e. The van der Waals surface area contributed by atoms with E-state index < -0.39 is 21.7 Å². The lowest BCUT2D eigenvalue weighted by molar-refractivity contribution is 0.586. The summed E-state index contributed by atoms with van der Waals surface area (Å²) in [5, 5.41) is 6.01. The van der Waals surface area contributed by atoms with E-state index in [2.05, 4.69) is 15.4 Å². The topological polar surface area (TPSA) is 70.2 Å². The number of rotatable bonds is 5. The van der Waals surface area contributed by atoms with Crippen molar-refractivity contribution in [2.45, 2.75) is 4.90 Å². The first kappa shape index (κ1) is 22.2. The predicted molar refractivity (Wildman–Crippen MR) is 120 cm³/mol. The average Bonchev–Trinajstić information content (AvgIpc) is 2.63. The molecule has 0 atom stereocenters. The molecule has 156 valence electrons. The van der Waals surface area contributed by atoms with Gasteiger partial charge in [-0.05, 0) is 66.8 Å². The van der Waals surface area contributed by atoms with Gasteiger partial charge in [0.25, 0.3) is 10.0 Å². The van der Waals surface area contributed by atoms with Gasteiger partial charge in [0.15, 0.2) is 5.11 Å². The summed E-state index contributed by atoms with van der Waals surface area (Å²) < 4.78 is 54.1. The first-order chi connectivity index (χ1) is 14.1. The van der Waals surface area contributed by atoms with Gasteiger partial charge in [0, 0.05) is 21.8 Å². The molecule has 0 saturated heterocycles. The fourth-order valence-electron chi connectivity index (χ4n) is 2.42. The Labute approximate surface area is 187 Å². The summed E-state index contributed by atoms with van der Waals surface area (Å²) in [5.74, 6) is -1.50. The van der Waals surface area contributed by atoms with E-state index in [0.29, 0.717) is 15.7 Å². The number of hydrogen-bond acceptors (Lipinski definition) is 3. The molecule has 0 bridgehead atoms. The van der Waals surface area contributed by atoms with Crippen LogP contribution in [0.1, 0.15) is 0 Å². The number of thiocarbonyl (C=S) groups is 1. The van der Waals surface area contributed by atoms with E-state index in [9.17, 15) is 17.2 Å². The minimum absolute atomic E-state index is 0.00233. The summed E-state index contributed by atoms with van der Waals surface area (Å²) in [4.78, 5) is -0.00685. The van der Waals surface area contributed by atoms with Crippen LogP contribution in [0.2, 0.25) is 10.0 Å². The van der Waals surface area contributed by atoms with Crippen LogP contribution in [0.25, 0.3) is 0 Å². The molecule has 0 fully saturated rings. The van der Waals surface area contributed by atoms with Gasteiger partial charge < -0.3 is 10.6 Å². The Morgan fingerprint density at radius 2 is 1.47 bits per heavy atom. The predicted octanol–water partition coefficient (Wildman–Crippen LogP) is 5.88. The number of nitrogens with one attached hydrogen (secondary N) is 3. The Balaban J connectivity index is 1.68. The average molecular weight is 488 g/mol. The largest absolute Gasteiger partial charge is 0.332 e. The molecule has 0 aliphatic rings. The number of halogens is 4. The quantitative estimate of drug-likeness (QED) is 0.392. The second-order valence-corrected chi connectivity index (χ2v) is 8.95. The van der Waals surface area contributed by atoms with Crippen molar-refractivity contribution < 1.29 is 17.2 Å². The number of anilines is 3. The Morgan fingerprint density at radius 1 is 0.833 bits per heavy atom. The van der Waals surface area contributed by atoms with E-state index in [1.54, 1.807) is 0 Å². The maximum atomic E-state index is 13.7. The van der Waals surface area contributed by atoms with E-state index in [-0.39, 0.29) is 21.4 Å². The van der Waals surface area contributed by atoms with Crippen molar-refractivity contribution in [2.24, 2.45) is 0 Å². The Hall–Kier alpha value is -2.46. The molecule has 11 heteroatoms. The van der Waals surface area contributed by atoms with E-state index in [4.69, 9.17) is 35.4 Å². The fraction of sp³-hybridized carbons (Fsp3) is 0. The molecule has 0 heterocycles. The van der Waals surface area contributed by atoms with Crippen LogP contribution < -0.4 is 15.4 Å². The summed E-state index contributed by atoms with van der Waals surface area (Å²) in [5.41, 5.74) is 0.679. The van der Waals surface area contributed by atoms with Gasteiger partial charge in [-0.25, -0.2) is 17.2 Å². The molecule has 3 N–H and O–H groups in total. The lowest BCUT2D eigenvalue weighted by atomic mass is 10.3. The third kappa shape index (κ3) is 5.79. The van der Waals surface area contributed by atoms with Gasteiger partial charge in [0.2, 0.25) is 0 Å². The summed E-state index contributed by atoms with van der Waals surface area (Å²) in [6, 6.07) is 13.1. The third-order valence-corrected chi connectivity index (χ3v) is 5.75. The minimum atomic E-state index is -3.88. The van der Waals surface area contributed by atoms with Crippen molar-refractivity contribution in [3.05, 3.63) is 82.3 Å². The van der Waals surface area contributed by atoms with Crippen LogP contribution in [0, 0.1) is 11.6 Å². The molecule has 0 aromatic heterocycles. The highest BCUT2D eigenvalue weighted by atomic mass is 35.5. The molecular formula is C19H13Cl2F2N3O2S2. The molecular weight excluding hydrogens is 475 g/mol. The van der Waals surface area contributed by atoms with Crippen LogP contribution in [0.4, 0.5) is 25.8 Å². The van der Waals surface area contributed by atoms with E-state index in [0.717, 1.165) is 12.1 Å². The number of sulfonamides is 1. The van der Waals surface area contributed by atoms with Crippen LogP contribution in [0.3, 0.4) is 0 Å². The van der Waals surface area contributed by atoms with Crippen LogP contribution >= 0.6 is 35.4 Å². The van der Waals surface area contributed by atoms with Crippen molar-refractivity contribution in [2.75, 3.05) is 15.4 Å². The molecule has 0 amide bonds. The van der Waals surface area contributed by atoms with Crippen molar-refractivity contribution in [3.8, 4) is 0 Å². The van der Waals surface area contributed by atoms with Gasteiger partial charge in [-0.1, -0.05) is 23.2 Å². The van der Waals surface area contributed by atoms with Crippen LogP contribution in [0.5, 0.6) is 0 Å². The summed E-state index contributed by atoms with van der Waals surface area (Å²) in [6.07, 6.45) is 0. The van der Waals surface area contributed by atoms with Crippen molar-refractivity contribution in [1.82, 2.24) is 0 Å². The smallest absolute Gasteiger partial charge is 0.261 e. The molecule has 3 aromatic rings. The standard InChI is InChI=1S/C19H13Cl2F2N3O2S2/c20-11-7-12(21)9-15(8-11)26-30(27,28)16-4-2-14(3-5-16)24-19(29)25-18-6-1-13(22)10-17(18)23/h1-10,26H,(H2,24,25,29). The van der Waals surface area contributed by atoms with Crippen molar-refractivity contribution in [1.29, 1.82) is 0 Å². The van der Waals surface area contributed by atoms with Crippen LogP contribution in [-0.2, 0) is 10.0 Å². The van der Waals surface area contributed by atoms with E-state index in [1.807, 2.05) is 0 Å². The number of hydrogen-bond donors (Lipinski definition) is 3. The molecule has 0 spiro atoms. The van der Waals surface area contributed by atoms with Gasteiger partial charge in [0.05, 0.1) is 16.3 Å². The maximum absolute atomic E-state index is 13.7. The molecule has 3 rings (SSSR count). The van der Waals surface area contributed by atoms with Gasteiger partial charge in [-0.15, -0.1) is 0 Å². The molecule has 0 unspecified atom stereocenters. The highest BCUT2D eigenvalue weighted by Crippen LogP contribution is 2.25. The van der Waals surface area contributed by atoms with E-state index in [1.165, 1.54) is 48.5 Å². The normalized spacial score (nSPS) is 11.1. The Morgan fingerprint density at radius 3 is 2.07 bits per heavy atom. The zero-order valence-electron chi connectivity index (χ0n) is 14.9. The third-order valence-electron chi connectivity index (χ3n) is 3.72. The zero-order valence-corrected chi connectivity index (χ0v) is 18.1. The van der Waals surface area contributed by atoms with Crippen LogP contribution in [-0.4, -0.2) is 13.5 Å². The SMILES string of the molecule is O=S(=O)(Nc1cc(Cl)cc(Cl)c1)c1ccc(NC(=S)Nc2ccc(F)cc2F)cc1. The Bertz CT molecular complexity index is 1190. The molecule has 0 aliphatic heterocycles. The molecule has 30 heavy (non-hydrogen) atoms.